The van der Waals surface area contributed by atoms with Crippen molar-refractivity contribution in [3.63, 3.8) is 0 Å². The van der Waals surface area contributed by atoms with E-state index in [4.69, 9.17) is 4.74 Å². The van der Waals surface area contributed by atoms with Gasteiger partial charge in [-0.05, 0) is 18.2 Å². The Labute approximate surface area is 152 Å². The van der Waals surface area contributed by atoms with E-state index in [1.165, 1.54) is 24.4 Å². The topological polar surface area (TPSA) is 93.8 Å². The number of hydrogen-bond donors (Lipinski definition) is 1. The Hall–Kier alpha value is -3.00. The van der Waals surface area contributed by atoms with E-state index in [1.807, 2.05) is 0 Å². The summed E-state index contributed by atoms with van der Waals surface area (Å²) in [6.07, 6.45) is 2.90. The molecular formula is C17H14BrN3O4. The summed E-state index contributed by atoms with van der Waals surface area (Å²) in [6, 6.07) is 10.9. The summed E-state index contributed by atoms with van der Waals surface area (Å²) in [5.74, 6) is -0.0757. The first kappa shape index (κ1) is 18.3. The second kappa shape index (κ2) is 8.74. The molecule has 1 N–H and O–H groups in total. The lowest BCUT2D eigenvalue weighted by molar-refractivity contribution is -0.384. The molecule has 2 rings (SSSR count). The van der Waals surface area contributed by atoms with Crippen LogP contribution in [0, 0.1) is 10.1 Å². The number of nitrogens with zero attached hydrogens (tertiary/aromatic N) is 2. The lowest BCUT2D eigenvalue weighted by Crippen LogP contribution is -2.19. The lowest BCUT2D eigenvalue weighted by Gasteiger charge is -2.09. The number of nitro groups is 1. The van der Waals surface area contributed by atoms with Crippen LogP contribution in [0.3, 0.4) is 0 Å². The van der Waals surface area contributed by atoms with Crippen LogP contribution < -0.4 is 10.2 Å². The number of rotatable bonds is 7. The van der Waals surface area contributed by atoms with Gasteiger partial charge in [0.1, 0.15) is 12.4 Å². The number of benzene rings is 2. The number of nitrogens with one attached hydrogen (secondary N) is 1. The number of carbonyl (C=O) groups is 1. The van der Waals surface area contributed by atoms with Crippen molar-refractivity contribution >= 4 is 33.7 Å². The number of hydrazone groups is 1. The SMILES string of the molecule is C=CCOc1ccc(Br)cc1C(=O)N/N=C/c1cccc([N+](=O)[O-])c1. The van der Waals surface area contributed by atoms with Gasteiger partial charge in [0.25, 0.3) is 11.6 Å². The van der Waals surface area contributed by atoms with Crippen LogP contribution in [0.2, 0.25) is 0 Å². The summed E-state index contributed by atoms with van der Waals surface area (Å²) in [4.78, 5) is 22.5. The molecule has 0 aliphatic rings. The Morgan fingerprint density at radius 2 is 2.16 bits per heavy atom. The monoisotopic (exact) mass is 403 g/mol. The summed E-state index contributed by atoms with van der Waals surface area (Å²) >= 11 is 3.30. The Morgan fingerprint density at radius 1 is 1.36 bits per heavy atom. The van der Waals surface area contributed by atoms with E-state index in [0.29, 0.717) is 21.3 Å². The van der Waals surface area contributed by atoms with Gasteiger partial charge in [-0.1, -0.05) is 40.7 Å². The first-order valence-corrected chi connectivity index (χ1v) is 7.91. The van der Waals surface area contributed by atoms with Crippen molar-refractivity contribution in [3.8, 4) is 5.75 Å². The van der Waals surface area contributed by atoms with Crippen molar-refractivity contribution < 1.29 is 14.5 Å². The molecule has 2 aromatic carbocycles. The molecule has 0 heterocycles. The molecule has 0 unspecified atom stereocenters. The Bertz CT molecular complexity index is 836. The highest BCUT2D eigenvalue weighted by Crippen LogP contribution is 2.23. The van der Waals surface area contributed by atoms with Crippen LogP contribution in [0.1, 0.15) is 15.9 Å². The average molecular weight is 404 g/mol. The average Bonchev–Trinajstić information content (AvgIpc) is 2.60. The number of carbonyl (C=O) groups excluding carboxylic acids is 1. The normalized spacial score (nSPS) is 10.4. The first-order chi connectivity index (χ1) is 12.0. The number of hydrogen-bond acceptors (Lipinski definition) is 5. The van der Waals surface area contributed by atoms with E-state index in [-0.39, 0.29) is 12.3 Å². The molecule has 2 aromatic rings. The second-order valence-corrected chi connectivity index (χ2v) is 5.71. The molecule has 0 radical (unpaired) electrons. The van der Waals surface area contributed by atoms with Crippen molar-refractivity contribution in [1.82, 2.24) is 5.43 Å². The first-order valence-electron chi connectivity index (χ1n) is 7.12. The van der Waals surface area contributed by atoms with Crippen molar-refractivity contribution in [3.05, 3.63) is 80.8 Å². The summed E-state index contributed by atoms with van der Waals surface area (Å²) < 4.78 is 6.16. The second-order valence-electron chi connectivity index (χ2n) is 4.79. The van der Waals surface area contributed by atoms with E-state index < -0.39 is 10.8 Å². The highest BCUT2D eigenvalue weighted by molar-refractivity contribution is 9.10. The fourth-order valence-corrected chi connectivity index (χ4v) is 2.26. The smallest absolute Gasteiger partial charge is 0.275 e. The van der Waals surface area contributed by atoms with E-state index in [1.54, 1.807) is 30.3 Å². The zero-order valence-electron chi connectivity index (χ0n) is 13.0. The van der Waals surface area contributed by atoms with Crippen LogP contribution >= 0.6 is 15.9 Å². The van der Waals surface area contributed by atoms with Crippen LogP contribution in [-0.2, 0) is 0 Å². The molecule has 8 heteroatoms. The van der Waals surface area contributed by atoms with Gasteiger partial charge < -0.3 is 4.74 Å². The van der Waals surface area contributed by atoms with Gasteiger partial charge in [0.05, 0.1) is 16.7 Å². The summed E-state index contributed by atoms with van der Waals surface area (Å²) in [5, 5.41) is 14.6. The molecule has 0 aliphatic carbocycles. The molecule has 0 spiro atoms. The summed E-state index contributed by atoms with van der Waals surface area (Å²) in [7, 11) is 0. The molecule has 7 nitrogen and oxygen atoms in total. The minimum Gasteiger partial charge on any atom is -0.489 e. The maximum atomic E-state index is 12.3. The molecule has 0 fully saturated rings. The summed E-state index contributed by atoms with van der Waals surface area (Å²) in [6.45, 7) is 3.83. The molecule has 128 valence electrons. The third kappa shape index (κ3) is 5.25. The van der Waals surface area contributed by atoms with Gasteiger partial charge in [-0.15, -0.1) is 0 Å². The number of non-ortho nitro benzene ring substituents is 1. The van der Waals surface area contributed by atoms with Gasteiger partial charge in [0, 0.05) is 22.2 Å². The van der Waals surface area contributed by atoms with Gasteiger partial charge in [-0.25, -0.2) is 5.43 Å². The number of amides is 1. The molecule has 25 heavy (non-hydrogen) atoms. The largest absolute Gasteiger partial charge is 0.489 e. The van der Waals surface area contributed by atoms with Crippen molar-refractivity contribution in [2.45, 2.75) is 0 Å². The number of halogens is 1. The fourth-order valence-electron chi connectivity index (χ4n) is 1.90. The van der Waals surface area contributed by atoms with Gasteiger partial charge in [0.15, 0.2) is 0 Å². The third-order valence-corrected chi connectivity index (χ3v) is 3.50. The van der Waals surface area contributed by atoms with Crippen LogP contribution in [-0.4, -0.2) is 23.7 Å². The standard InChI is InChI=1S/C17H14BrN3O4/c1-2-8-25-16-7-6-13(18)10-15(16)17(22)20-19-11-12-4-3-5-14(9-12)21(23)24/h2-7,9-11H,1,8H2,(H,20,22)/b19-11+. The van der Waals surface area contributed by atoms with E-state index >= 15 is 0 Å². The van der Waals surface area contributed by atoms with E-state index in [0.717, 1.165) is 0 Å². The zero-order valence-corrected chi connectivity index (χ0v) is 14.6. The molecule has 0 bridgehead atoms. The van der Waals surface area contributed by atoms with E-state index in [2.05, 4.69) is 33.0 Å². The molecule has 0 saturated heterocycles. The highest BCUT2D eigenvalue weighted by Gasteiger charge is 2.12. The quantitative estimate of drug-likeness (QED) is 0.330. The maximum absolute atomic E-state index is 12.3. The van der Waals surface area contributed by atoms with Crippen LogP contribution in [0.4, 0.5) is 5.69 Å². The van der Waals surface area contributed by atoms with Crippen molar-refractivity contribution in [1.29, 1.82) is 0 Å². The van der Waals surface area contributed by atoms with Gasteiger partial charge in [-0.2, -0.15) is 5.10 Å². The number of nitro benzene ring substituents is 1. The Balaban J connectivity index is 2.12. The predicted octanol–water partition coefficient (Wildman–Crippen LogP) is 3.69. The fraction of sp³-hybridized carbons (Fsp3) is 0.0588. The Kier molecular flexibility index (Phi) is 6.41. The minimum absolute atomic E-state index is 0.0534. The highest BCUT2D eigenvalue weighted by atomic mass is 79.9. The van der Waals surface area contributed by atoms with Gasteiger partial charge >= 0.3 is 0 Å². The lowest BCUT2D eigenvalue weighted by atomic mass is 10.2. The molecule has 0 saturated carbocycles. The molecular weight excluding hydrogens is 390 g/mol. The molecule has 0 aliphatic heterocycles. The zero-order chi connectivity index (χ0) is 18.2. The van der Waals surface area contributed by atoms with Crippen LogP contribution in [0.5, 0.6) is 5.75 Å². The van der Waals surface area contributed by atoms with Crippen LogP contribution in [0.25, 0.3) is 0 Å². The van der Waals surface area contributed by atoms with Crippen molar-refractivity contribution in [2.75, 3.05) is 6.61 Å². The summed E-state index contributed by atoms with van der Waals surface area (Å²) in [5.41, 5.74) is 3.11. The van der Waals surface area contributed by atoms with E-state index in [9.17, 15) is 14.9 Å². The number of ether oxygens (including phenoxy) is 1. The van der Waals surface area contributed by atoms with Crippen molar-refractivity contribution in [2.24, 2.45) is 5.10 Å². The maximum Gasteiger partial charge on any atom is 0.275 e. The van der Waals surface area contributed by atoms with Crippen LogP contribution in [0.15, 0.2) is 64.7 Å². The van der Waals surface area contributed by atoms with Gasteiger partial charge in [0.2, 0.25) is 0 Å². The molecule has 0 aromatic heterocycles. The van der Waals surface area contributed by atoms with Gasteiger partial charge in [-0.3, -0.25) is 14.9 Å². The molecule has 0 atom stereocenters. The Morgan fingerprint density at radius 3 is 2.88 bits per heavy atom. The third-order valence-electron chi connectivity index (χ3n) is 3.00. The minimum atomic E-state index is -0.499. The predicted molar refractivity (Wildman–Crippen MR) is 98.0 cm³/mol. The molecule has 1 amide bonds.